The fraction of sp³-hybridized carbons (Fsp3) is 0.182. The molecule has 17 heavy (non-hydrogen) atoms. The summed E-state index contributed by atoms with van der Waals surface area (Å²) in [7, 11) is 0. The van der Waals surface area contributed by atoms with Crippen LogP contribution in [0.25, 0.3) is 0 Å². The summed E-state index contributed by atoms with van der Waals surface area (Å²) in [4.78, 5) is 16.1. The number of anilines is 1. The largest absolute Gasteiger partial charge is 0.297 e. The van der Waals surface area contributed by atoms with E-state index in [2.05, 4.69) is 37.3 Å². The van der Waals surface area contributed by atoms with Crippen LogP contribution in [0.15, 0.2) is 18.2 Å². The molecule has 0 aliphatic carbocycles. The molecule has 0 aliphatic rings. The Morgan fingerprint density at radius 2 is 2.18 bits per heavy atom. The van der Waals surface area contributed by atoms with Gasteiger partial charge in [-0.15, -0.1) is 0 Å². The second kappa shape index (κ2) is 5.09. The number of nitrogens with one attached hydrogen (secondary N) is 1. The highest BCUT2D eigenvalue weighted by molar-refractivity contribution is 14.1. The Morgan fingerprint density at radius 1 is 1.41 bits per heavy atom. The van der Waals surface area contributed by atoms with Crippen molar-refractivity contribution in [2.24, 2.45) is 0 Å². The number of nitrogens with zero attached hydrogens (tertiary/aromatic N) is 2. The van der Waals surface area contributed by atoms with Gasteiger partial charge < -0.3 is 0 Å². The number of aromatic nitrogens is 2. The topological polar surface area (TPSA) is 54.9 Å². The van der Waals surface area contributed by atoms with Gasteiger partial charge in [-0.3, -0.25) is 10.1 Å². The van der Waals surface area contributed by atoms with Crippen LogP contribution in [-0.2, 0) is 0 Å². The summed E-state index contributed by atoms with van der Waals surface area (Å²) in [5.41, 5.74) is 1.75. The smallest absolute Gasteiger partial charge is 0.258 e. The van der Waals surface area contributed by atoms with Crippen LogP contribution in [0, 0.1) is 17.4 Å². The number of amides is 1. The molecular weight excluding hydrogens is 349 g/mol. The van der Waals surface area contributed by atoms with Crippen LogP contribution < -0.4 is 5.32 Å². The lowest BCUT2D eigenvalue weighted by atomic mass is 10.1. The first kappa shape index (κ1) is 12.4. The van der Waals surface area contributed by atoms with E-state index in [-0.39, 0.29) is 5.91 Å². The fourth-order valence-corrected chi connectivity index (χ4v) is 2.51. The van der Waals surface area contributed by atoms with Crippen LogP contribution in [0.1, 0.15) is 21.7 Å². The zero-order valence-corrected chi connectivity index (χ0v) is 12.3. The monoisotopic (exact) mass is 359 g/mol. The summed E-state index contributed by atoms with van der Waals surface area (Å²) in [6.45, 7) is 3.77. The summed E-state index contributed by atoms with van der Waals surface area (Å²) in [5, 5.41) is 3.28. The average Bonchev–Trinajstić information content (AvgIpc) is 2.68. The van der Waals surface area contributed by atoms with Gasteiger partial charge in [0.05, 0.1) is 5.56 Å². The van der Waals surface area contributed by atoms with Gasteiger partial charge in [0.15, 0.2) is 0 Å². The number of carbonyl (C=O) groups is 1. The summed E-state index contributed by atoms with van der Waals surface area (Å²) in [6, 6.07) is 5.66. The molecule has 0 unspecified atom stereocenters. The first-order chi connectivity index (χ1) is 8.08. The van der Waals surface area contributed by atoms with Crippen molar-refractivity contribution in [3.05, 3.63) is 38.7 Å². The Morgan fingerprint density at radius 3 is 2.82 bits per heavy atom. The predicted molar refractivity (Wildman–Crippen MR) is 76.5 cm³/mol. The van der Waals surface area contributed by atoms with E-state index in [1.54, 1.807) is 13.0 Å². The van der Waals surface area contributed by atoms with E-state index in [4.69, 9.17) is 0 Å². The molecular formula is C11H10IN3OS. The predicted octanol–water partition coefficient (Wildman–Crippen LogP) is 3.01. The standard InChI is InChI=1S/C11H10IN3OS/c1-6-4-3-5-8(9(6)12)10(16)14-11-13-7(2)15-17-11/h3-5H,1-2H3,(H,13,14,15,16). The molecule has 0 fully saturated rings. The first-order valence-corrected chi connectivity index (χ1v) is 6.80. The summed E-state index contributed by atoms with van der Waals surface area (Å²) in [5.74, 6) is 0.526. The van der Waals surface area contributed by atoms with Crippen LogP contribution >= 0.6 is 34.1 Å². The van der Waals surface area contributed by atoms with E-state index in [0.29, 0.717) is 16.5 Å². The second-order valence-electron chi connectivity index (χ2n) is 3.54. The lowest BCUT2D eigenvalue weighted by Gasteiger charge is -2.05. The van der Waals surface area contributed by atoms with Crippen LogP contribution in [0.3, 0.4) is 0 Å². The maximum absolute atomic E-state index is 12.0. The van der Waals surface area contributed by atoms with E-state index in [9.17, 15) is 4.79 Å². The van der Waals surface area contributed by atoms with Crippen molar-refractivity contribution in [2.45, 2.75) is 13.8 Å². The molecule has 1 aromatic carbocycles. The van der Waals surface area contributed by atoms with Crippen molar-refractivity contribution in [3.8, 4) is 0 Å². The Bertz CT molecular complexity index is 568. The molecule has 0 saturated carbocycles. The molecule has 2 aromatic rings. The van der Waals surface area contributed by atoms with Crippen molar-refractivity contribution in [3.63, 3.8) is 0 Å². The minimum absolute atomic E-state index is 0.144. The Balaban J connectivity index is 2.23. The van der Waals surface area contributed by atoms with Crippen molar-refractivity contribution in [2.75, 3.05) is 5.32 Å². The summed E-state index contributed by atoms with van der Waals surface area (Å²) in [6.07, 6.45) is 0. The number of aryl methyl sites for hydroxylation is 2. The van der Waals surface area contributed by atoms with Gasteiger partial charge in [0, 0.05) is 15.1 Å². The lowest BCUT2D eigenvalue weighted by molar-refractivity contribution is 0.102. The molecule has 4 nitrogen and oxygen atoms in total. The van der Waals surface area contributed by atoms with Crippen molar-refractivity contribution < 1.29 is 4.79 Å². The van der Waals surface area contributed by atoms with Gasteiger partial charge in [-0.05, 0) is 48.1 Å². The number of rotatable bonds is 2. The third-order valence-electron chi connectivity index (χ3n) is 2.18. The van der Waals surface area contributed by atoms with E-state index in [0.717, 1.165) is 9.13 Å². The van der Waals surface area contributed by atoms with Crippen LogP contribution in [0.5, 0.6) is 0 Å². The molecule has 6 heteroatoms. The molecule has 0 atom stereocenters. The normalized spacial score (nSPS) is 10.3. The molecule has 1 amide bonds. The Hall–Kier alpha value is -1.02. The van der Waals surface area contributed by atoms with E-state index < -0.39 is 0 Å². The highest BCUT2D eigenvalue weighted by Crippen LogP contribution is 2.19. The van der Waals surface area contributed by atoms with Crippen molar-refractivity contribution in [1.82, 2.24) is 9.36 Å². The third kappa shape index (κ3) is 2.81. The number of carbonyl (C=O) groups excluding carboxylic acids is 1. The lowest BCUT2D eigenvalue weighted by Crippen LogP contribution is -2.13. The number of hydrogen-bond donors (Lipinski definition) is 1. The van der Waals surface area contributed by atoms with Crippen LogP contribution in [0.2, 0.25) is 0 Å². The molecule has 1 aromatic heterocycles. The van der Waals surface area contributed by atoms with Crippen molar-refractivity contribution >= 4 is 45.2 Å². The fourth-order valence-electron chi connectivity index (χ4n) is 1.34. The maximum atomic E-state index is 12.0. The second-order valence-corrected chi connectivity index (χ2v) is 5.37. The zero-order valence-electron chi connectivity index (χ0n) is 9.32. The van der Waals surface area contributed by atoms with Gasteiger partial charge in [0.25, 0.3) is 5.91 Å². The molecule has 1 N–H and O–H groups in total. The Labute approximate surface area is 117 Å². The minimum Gasteiger partial charge on any atom is -0.297 e. The number of halogens is 1. The molecule has 0 aliphatic heterocycles. The Kier molecular flexibility index (Phi) is 3.72. The van der Waals surface area contributed by atoms with Gasteiger partial charge in [0.2, 0.25) is 5.13 Å². The SMILES string of the molecule is Cc1nsc(NC(=O)c2cccc(C)c2I)n1. The summed E-state index contributed by atoms with van der Waals surface area (Å²) < 4.78 is 4.98. The van der Waals surface area contributed by atoms with E-state index in [1.807, 2.05) is 19.1 Å². The average molecular weight is 359 g/mol. The molecule has 1 heterocycles. The van der Waals surface area contributed by atoms with E-state index in [1.165, 1.54) is 11.5 Å². The number of benzene rings is 1. The molecule has 2 rings (SSSR count). The van der Waals surface area contributed by atoms with Gasteiger partial charge in [-0.2, -0.15) is 4.37 Å². The van der Waals surface area contributed by atoms with Gasteiger partial charge in [-0.25, -0.2) is 4.98 Å². The highest BCUT2D eigenvalue weighted by Gasteiger charge is 2.13. The summed E-state index contributed by atoms with van der Waals surface area (Å²) >= 11 is 3.36. The minimum atomic E-state index is -0.144. The van der Waals surface area contributed by atoms with E-state index >= 15 is 0 Å². The molecule has 0 bridgehead atoms. The molecule has 0 radical (unpaired) electrons. The molecule has 88 valence electrons. The van der Waals surface area contributed by atoms with Gasteiger partial charge >= 0.3 is 0 Å². The zero-order chi connectivity index (χ0) is 12.4. The first-order valence-electron chi connectivity index (χ1n) is 4.94. The quantitative estimate of drug-likeness (QED) is 0.839. The molecule has 0 spiro atoms. The molecule has 0 saturated heterocycles. The van der Waals surface area contributed by atoms with Gasteiger partial charge in [0.1, 0.15) is 5.82 Å². The highest BCUT2D eigenvalue weighted by atomic mass is 127. The van der Waals surface area contributed by atoms with Crippen molar-refractivity contribution in [1.29, 1.82) is 0 Å². The number of hydrogen-bond acceptors (Lipinski definition) is 4. The maximum Gasteiger partial charge on any atom is 0.258 e. The van der Waals surface area contributed by atoms with Gasteiger partial charge in [-0.1, -0.05) is 12.1 Å². The van der Waals surface area contributed by atoms with Crippen LogP contribution in [-0.4, -0.2) is 15.3 Å². The van der Waals surface area contributed by atoms with Crippen LogP contribution in [0.4, 0.5) is 5.13 Å². The third-order valence-corrected chi connectivity index (χ3v) is 4.34.